The number of rotatable bonds is 4. The number of aromatic nitrogens is 2. The van der Waals surface area contributed by atoms with Crippen LogP contribution in [0.15, 0.2) is 22.5 Å². The maximum absolute atomic E-state index is 12.3. The lowest BCUT2D eigenvalue weighted by molar-refractivity contribution is -0.123. The van der Waals surface area contributed by atoms with Gasteiger partial charge in [0.15, 0.2) is 0 Å². The van der Waals surface area contributed by atoms with E-state index in [1.54, 1.807) is 20.8 Å². The van der Waals surface area contributed by atoms with E-state index < -0.39 is 15.4 Å². The maximum Gasteiger partial charge on any atom is 0.291 e. The highest BCUT2D eigenvalue weighted by Gasteiger charge is 2.25. The summed E-state index contributed by atoms with van der Waals surface area (Å²) in [7, 11) is -3.97. The monoisotopic (exact) mass is 408 g/mol. The molecule has 0 saturated carbocycles. The van der Waals surface area contributed by atoms with E-state index in [1.807, 2.05) is 0 Å². The van der Waals surface area contributed by atoms with Crippen LogP contribution in [0.5, 0.6) is 0 Å². The molecule has 130 valence electrons. The Balaban J connectivity index is 2.20. The summed E-state index contributed by atoms with van der Waals surface area (Å²) in [5.41, 5.74) is -0.441. The summed E-state index contributed by atoms with van der Waals surface area (Å²) in [5, 5.41) is 10.5. The second-order valence-electron chi connectivity index (χ2n) is 5.84. The molecule has 7 nitrogen and oxygen atoms in total. The Kier molecular flexibility index (Phi) is 5.38. The number of nitrogens with zero attached hydrogens (tertiary/aromatic N) is 2. The van der Waals surface area contributed by atoms with Crippen molar-refractivity contribution in [3.8, 4) is 0 Å². The Labute approximate surface area is 153 Å². The zero-order valence-electron chi connectivity index (χ0n) is 12.9. The van der Waals surface area contributed by atoms with Gasteiger partial charge in [-0.1, -0.05) is 55.3 Å². The molecule has 0 aliphatic carbocycles. The molecule has 2 rings (SSSR count). The van der Waals surface area contributed by atoms with E-state index >= 15 is 0 Å². The van der Waals surface area contributed by atoms with Crippen molar-refractivity contribution in [2.24, 2.45) is 5.41 Å². The van der Waals surface area contributed by atoms with E-state index in [0.717, 1.165) is 11.3 Å². The maximum atomic E-state index is 12.3. The highest BCUT2D eigenvalue weighted by atomic mass is 35.5. The normalized spacial score (nSPS) is 12.0. The fourth-order valence-corrected chi connectivity index (χ4v) is 3.93. The number of hydrogen-bond acceptors (Lipinski definition) is 6. The smallest absolute Gasteiger partial charge is 0.291 e. The molecule has 1 aromatic heterocycles. The Morgan fingerprint density at radius 2 is 1.71 bits per heavy atom. The lowest BCUT2D eigenvalue weighted by Gasteiger charge is -2.15. The van der Waals surface area contributed by atoms with Crippen LogP contribution in [-0.2, 0) is 14.8 Å². The van der Waals surface area contributed by atoms with Crippen molar-refractivity contribution in [3.63, 3.8) is 0 Å². The van der Waals surface area contributed by atoms with Gasteiger partial charge in [0.05, 0.1) is 5.69 Å². The van der Waals surface area contributed by atoms with Crippen molar-refractivity contribution in [1.82, 2.24) is 10.2 Å². The number of benzene rings is 1. The average molecular weight is 409 g/mol. The molecule has 1 heterocycles. The number of carbonyl (C=O) groups is 1. The van der Waals surface area contributed by atoms with Gasteiger partial charge < -0.3 is 5.32 Å². The number of sulfonamides is 1. The fourth-order valence-electron chi connectivity index (χ4n) is 1.47. The first-order valence-corrected chi connectivity index (χ1v) is 9.67. The zero-order chi connectivity index (χ0) is 18.1. The van der Waals surface area contributed by atoms with Crippen molar-refractivity contribution < 1.29 is 13.2 Å². The molecule has 0 saturated heterocycles. The number of carbonyl (C=O) groups excluding carboxylic acids is 1. The van der Waals surface area contributed by atoms with Crippen molar-refractivity contribution in [1.29, 1.82) is 0 Å². The standard InChI is InChI=1S/C13H14Cl2N4O3S2/c1-13(2,3)10(20)16-11-17-18-12(23-11)24(21,22)19-9-5-7(14)4-8(15)6-9/h4-6,19H,1-3H3,(H,16,17,20). The minimum atomic E-state index is -3.97. The molecule has 2 N–H and O–H groups in total. The quantitative estimate of drug-likeness (QED) is 0.751. The molecule has 0 bridgehead atoms. The Hall–Kier alpha value is -1.42. The molecule has 24 heavy (non-hydrogen) atoms. The van der Waals surface area contributed by atoms with Crippen LogP contribution in [0.25, 0.3) is 0 Å². The molecule has 2 aromatic rings. The lowest BCUT2D eigenvalue weighted by Crippen LogP contribution is -2.27. The second-order valence-corrected chi connectivity index (χ2v) is 9.55. The molecule has 0 aliphatic heterocycles. The first-order chi connectivity index (χ1) is 11.0. The first kappa shape index (κ1) is 18.9. The highest BCUT2D eigenvalue weighted by Crippen LogP contribution is 2.27. The van der Waals surface area contributed by atoms with Gasteiger partial charge in [-0.25, -0.2) is 0 Å². The Bertz CT molecular complexity index is 855. The van der Waals surface area contributed by atoms with E-state index in [4.69, 9.17) is 23.2 Å². The van der Waals surface area contributed by atoms with Crippen LogP contribution in [0, 0.1) is 5.41 Å². The summed E-state index contributed by atoms with van der Waals surface area (Å²) in [4.78, 5) is 11.9. The highest BCUT2D eigenvalue weighted by molar-refractivity contribution is 7.94. The molecular weight excluding hydrogens is 395 g/mol. The molecule has 1 amide bonds. The summed E-state index contributed by atoms with van der Waals surface area (Å²) in [6, 6.07) is 4.30. The molecule has 0 fully saturated rings. The largest absolute Gasteiger partial charge is 0.300 e. The molecule has 0 unspecified atom stereocenters. The number of amides is 1. The summed E-state index contributed by atoms with van der Waals surface area (Å²) in [5.74, 6) is -0.294. The predicted molar refractivity (Wildman–Crippen MR) is 95.3 cm³/mol. The predicted octanol–water partition coefficient (Wildman–Crippen LogP) is 3.63. The van der Waals surface area contributed by atoms with Crippen molar-refractivity contribution in [3.05, 3.63) is 28.2 Å². The summed E-state index contributed by atoms with van der Waals surface area (Å²) in [6.45, 7) is 5.18. The third-order valence-electron chi connectivity index (χ3n) is 2.65. The van der Waals surface area contributed by atoms with Crippen LogP contribution < -0.4 is 10.0 Å². The SMILES string of the molecule is CC(C)(C)C(=O)Nc1nnc(S(=O)(=O)Nc2cc(Cl)cc(Cl)c2)s1. The molecule has 0 radical (unpaired) electrons. The van der Waals surface area contributed by atoms with Crippen LogP contribution in [0.4, 0.5) is 10.8 Å². The summed E-state index contributed by atoms with van der Waals surface area (Å²) in [6.07, 6.45) is 0. The first-order valence-electron chi connectivity index (χ1n) is 6.61. The molecule has 0 spiro atoms. The third kappa shape index (κ3) is 4.79. The molecule has 1 aromatic carbocycles. The van der Waals surface area contributed by atoms with Crippen molar-refractivity contribution in [2.75, 3.05) is 10.0 Å². The van der Waals surface area contributed by atoms with Crippen LogP contribution >= 0.6 is 34.5 Å². The van der Waals surface area contributed by atoms with Crippen LogP contribution in [-0.4, -0.2) is 24.5 Å². The number of anilines is 2. The zero-order valence-corrected chi connectivity index (χ0v) is 16.1. The fraction of sp³-hybridized carbons (Fsp3) is 0.308. The van der Waals surface area contributed by atoms with Gasteiger partial charge in [-0.15, -0.1) is 10.2 Å². The van der Waals surface area contributed by atoms with Gasteiger partial charge in [0.2, 0.25) is 11.0 Å². The van der Waals surface area contributed by atoms with Gasteiger partial charge in [-0.3, -0.25) is 9.52 Å². The van der Waals surface area contributed by atoms with Gasteiger partial charge in [-0.2, -0.15) is 8.42 Å². The van der Waals surface area contributed by atoms with E-state index in [9.17, 15) is 13.2 Å². The van der Waals surface area contributed by atoms with Crippen LogP contribution in [0.3, 0.4) is 0 Å². The molecule has 11 heteroatoms. The Morgan fingerprint density at radius 1 is 1.12 bits per heavy atom. The summed E-state index contributed by atoms with van der Waals surface area (Å²) >= 11 is 12.4. The summed E-state index contributed by atoms with van der Waals surface area (Å²) < 4.78 is 26.7. The van der Waals surface area contributed by atoms with Crippen molar-refractivity contribution >= 4 is 61.3 Å². The van der Waals surface area contributed by atoms with E-state index in [-0.39, 0.29) is 31.1 Å². The molecule has 0 aliphatic rings. The molecule has 0 atom stereocenters. The van der Waals surface area contributed by atoms with Gasteiger partial charge in [-0.05, 0) is 18.2 Å². The van der Waals surface area contributed by atoms with Crippen LogP contribution in [0.2, 0.25) is 10.0 Å². The minimum absolute atomic E-state index is 0.0967. The Morgan fingerprint density at radius 3 is 2.25 bits per heavy atom. The third-order valence-corrected chi connectivity index (χ3v) is 5.68. The van der Waals surface area contributed by atoms with E-state index in [0.29, 0.717) is 0 Å². The lowest BCUT2D eigenvalue weighted by atomic mass is 9.96. The van der Waals surface area contributed by atoms with Crippen LogP contribution in [0.1, 0.15) is 20.8 Å². The topological polar surface area (TPSA) is 101 Å². The van der Waals surface area contributed by atoms with E-state index in [1.165, 1.54) is 18.2 Å². The number of halogens is 2. The van der Waals surface area contributed by atoms with E-state index in [2.05, 4.69) is 20.2 Å². The second kappa shape index (κ2) is 6.83. The number of nitrogens with one attached hydrogen (secondary N) is 2. The van der Waals surface area contributed by atoms with Gasteiger partial charge in [0.25, 0.3) is 14.4 Å². The average Bonchev–Trinajstić information content (AvgIpc) is 2.85. The molecular formula is C13H14Cl2N4O3S2. The number of hydrogen-bond donors (Lipinski definition) is 2. The van der Waals surface area contributed by atoms with Crippen molar-refractivity contribution in [2.45, 2.75) is 25.1 Å². The van der Waals surface area contributed by atoms with Gasteiger partial charge in [0.1, 0.15) is 0 Å². The minimum Gasteiger partial charge on any atom is -0.300 e. The van der Waals surface area contributed by atoms with Gasteiger partial charge >= 0.3 is 0 Å². The van der Waals surface area contributed by atoms with Gasteiger partial charge in [0, 0.05) is 15.5 Å².